The third kappa shape index (κ3) is 4.25. The molecule has 5 N–H and O–H groups in total. The van der Waals surface area contributed by atoms with Crippen molar-refractivity contribution >= 4 is 5.97 Å². The maximum Gasteiger partial charge on any atom is 0.321 e. The molecule has 1 atom stereocenters. The molecule has 0 aliphatic heterocycles. The molecule has 0 heterocycles. The summed E-state index contributed by atoms with van der Waals surface area (Å²) in [5.41, 5.74) is 5.11. The lowest BCUT2D eigenvalue weighted by Gasteiger charge is -2.05. The molecule has 5 heteroatoms. The average molecular weight is 148 g/mol. The van der Waals surface area contributed by atoms with Gasteiger partial charge in [0.1, 0.15) is 6.04 Å². The highest BCUT2D eigenvalue weighted by atomic mass is 16.4. The first-order chi connectivity index (χ1) is 4.68. The van der Waals surface area contributed by atoms with Crippen molar-refractivity contribution in [1.82, 2.24) is 5.32 Å². The van der Waals surface area contributed by atoms with Gasteiger partial charge in [0.2, 0.25) is 0 Å². The van der Waals surface area contributed by atoms with E-state index in [2.05, 4.69) is 5.32 Å². The largest absolute Gasteiger partial charge is 0.480 e. The zero-order valence-electron chi connectivity index (χ0n) is 5.58. The molecule has 0 aromatic rings. The van der Waals surface area contributed by atoms with E-state index < -0.39 is 12.0 Å². The van der Waals surface area contributed by atoms with E-state index in [0.29, 0.717) is 6.54 Å². The Morgan fingerprint density at radius 2 is 2.30 bits per heavy atom. The number of carboxylic acid groups (broad SMARTS) is 1. The molecule has 0 saturated carbocycles. The number of carboxylic acids is 1. The van der Waals surface area contributed by atoms with Crippen molar-refractivity contribution in [2.75, 3.05) is 19.7 Å². The van der Waals surface area contributed by atoms with Gasteiger partial charge in [0.15, 0.2) is 0 Å². The van der Waals surface area contributed by atoms with E-state index >= 15 is 0 Å². The normalized spacial score (nSPS) is 13.0. The molecule has 0 fully saturated rings. The van der Waals surface area contributed by atoms with Crippen LogP contribution in [0.25, 0.3) is 0 Å². The average Bonchev–Trinajstić information content (AvgIpc) is 1.88. The summed E-state index contributed by atoms with van der Waals surface area (Å²) in [7, 11) is 0. The molecule has 60 valence electrons. The zero-order chi connectivity index (χ0) is 7.98. The number of hydrogen-bond donors (Lipinski definition) is 4. The number of nitrogens with one attached hydrogen (secondary N) is 1. The molecule has 0 unspecified atom stereocenters. The number of aliphatic hydroxyl groups excluding tert-OH is 1. The molecule has 0 amide bonds. The van der Waals surface area contributed by atoms with Gasteiger partial charge in [-0.15, -0.1) is 0 Å². The van der Waals surface area contributed by atoms with Crippen molar-refractivity contribution < 1.29 is 15.0 Å². The van der Waals surface area contributed by atoms with Gasteiger partial charge in [-0.05, 0) is 0 Å². The topological polar surface area (TPSA) is 95.6 Å². The summed E-state index contributed by atoms with van der Waals surface area (Å²) < 4.78 is 0. The molecule has 0 bridgehead atoms. The van der Waals surface area contributed by atoms with Crippen molar-refractivity contribution in [3.8, 4) is 0 Å². The van der Waals surface area contributed by atoms with Crippen LogP contribution < -0.4 is 11.1 Å². The van der Waals surface area contributed by atoms with E-state index in [0.717, 1.165) is 0 Å². The predicted octanol–water partition coefficient (Wildman–Crippen LogP) is -2.02. The lowest BCUT2D eigenvalue weighted by molar-refractivity contribution is -0.138. The summed E-state index contributed by atoms with van der Waals surface area (Å²) in [5.74, 6) is -1.04. The second-order valence-corrected chi connectivity index (χ2v) is 1.87. The second-order valence-electron chi connectivity index (χ2n) is 1.87. The zero-order valence-corrected chi connectivity index (χ0v) is 5.58. The summed E-state index contributed by atoms with van der Waals surface area (Å²) in [4.78, 5) is 10.1. The Labute approximate surface area is 58.8 Å². The maximum absolute atomic E-state index is 10.1. The molecule has 0 rings (SSSR count). The van der Waals surface area contributed by atoms with E-state index in [9.17, 15) is 4.79 Å². The van der Waals surface area contributed by atoms with E-state index in [-0.39, 0.29) is 13.2 Å². The fourth-order valence-corrected chi connectivity index (χ4v) is 0.424. The van der Waals surface area contributed by atoms with Crippen molar-refractivity contribution in [3.05, 3.63) is 0 Å². The maximum atomic E-state index is 10.1. The number of rotatable bonds is 5. The summed E-state index contributed by atoms with van der Waals surface area (Å²) in [5, 5.41) is 19.2. The van der Waals surface area contributed by atoms with Crippen LogP contribution in [0.4, 0.5) is 0 Å². The molecule has 5 nitrogen and oxygen atoms in total. The minimum Gasteiger partial charge on any atom is -0.480 e. The quantitative estimate of drug-likeness (QED) is 0.337. The van der Waals surface area contributed by atoms with Crippen molar-refractivity contribution in [2.45, 2.75) is 6.04 Å². The van der Waals surface area contributed by atoms with Crippen LogP contribution in [-0.2, 0) is 4.79 Å². The Kier molecular flexibility index (Phi) is 4.82. The van der Waals surface area contributed by atoms with Gasteiger partial charge in [0.05, 0.1) is 6.61 Å². The number of hydrogen-bond acceptors (Lipinski definition) is 4. The van der Waals surface area contributed by atoms with E-state index in [1.807, 2.05) is 0 Å². The lowest BCUT2D eigenvalue weighted by Crippen LogP contribution is -2.41. The van der Waals surface area contributed by atoms with Crippen molar-refractivity contribution in [2.24, 2.45) is 5.73 Å². The monoisotopic (exact) mass is 148 g/mol. The first-order valence-electron chi connectivity index (χ1n) is 2.98. The number of carbonyl (C=O) groups is 1. The third-order valence-corrected chi connectivity index (χ3v) is 0.970. The minimum atomic E-state index is -1.04. The van der Waals surface area contributed by atoms with Crippen LogP contribution in [0.5, 0.6) is 0 Å². The van der Waals surface area contributed by atoms with Crippen molar-refractivity contribution in [3.63, 3.8) is 0 Å². The fourth-order valence-electron chi connectivity index (χ4n) is 0.424. The Morgan fingerprint density at radius 3 is 2.70 bits per heavy atom. The van der Waals surface area contributed by atoms with Crippen LogP contribution in [0.1, 0.15) is 0 Å². The van der Waals surface area contributed by atoms with Gasteiger partial charge < -0.3 is 21.3 Å². The van der Waals surface area contributed by atoms with E-state index in [1.165, 1.54) is 0 Å². The smallest absolute Gasteiger partial charge is 0.321 e. The van der Waals surface area contributed by atoms with Crippen LogP contribution >= 0.6 is 0 Å². The molecule has 0 aliphatic rings. The molecule has 0 radical (unpaired) electrons. The molecule has 0 aromatic carbocycles. The molecular formula is C5H12N2O3. The van der Waals surface area contributed by atoms with Gasteiger partial charge in [0.25, 0.3) is 0 Å². The Morgan fingerprint density at radius 1 is 1.70 bits per heavy atom. The van der Waals surface area contributed by atoms with Gasteiger partial charge in [-0.2, -0.15) is 0 Å². The number of aliphatic carboxylic acids is 1. The van der Waals surface area contributed by atoms with Gasteiger partial charge in [-0.25, -0.2) is 0 Å². The molecule has 10 heavy (non-hydrogen) atoms. The molecule has 0 aliphatic carbocycles. The minimum absolute atomic E-state index is 0.00760. The van der Waals surface area contributed by atoms with E-state index in [1.54, 1.807) is 0 Å². The summed E-state index contributed by atoms with van der Waals surface area (Å²) in [6.45, 7) is 0.559. The van der Waals surface area contributed by atoms with Crippen LogP contribution in [0.3, 0.4) is 0 Å². The van der Waals surface area contributed by atoms with Gasteiger partial charge in [0, 0.05) is 13.1 Å². The van der Waals surface area contributed by atoms with Gasteiger partial charge >= 0.3 is 5.97 Å². The SMILES string of the molecule is N[C@@H](CNCCO)C(=O)O. The highest BCUT2D eigenvalue weighted by Gasteiger charge is 2.08. The highest BCUT2D eigenvalue weighted by molar-refractivity contribution is 5.73. The molecule has 0 saturated heterocycles. The number of nitrogens with two attached hydrogens (primary N) is 1. The lowest BCUT2D eigenvalue weighted by atomic mass is 10.3. The van der Waals surface area contributed by atoms with Crippen LogP contribution in [0.2, 0.25) is 0 Å². The van der Waals surface area contributed by atoms with Gasteiger partial charge in [-0.3, -0.25) is 4.79 Å². The summed E-state index contributed by atoms with van der Waals surface area (Å²) >= 11 is 0. The van der Waals surface area contributed by atoms with Gasteiger partial charge in [-0.1, -0.05) is 0 Å². The number of aliphatic hydroxyl groups is 1. The first kappa shape index (κ1) is 9.35. The summed E-state index contributed by atoms with van der Waals surface area (Å²) in [6.07, 6.45) is 0. The molecule has 0 aromatic heterocycles. The predicted molar refractivity (Wildman–Crippen MR) is 35.6 cm³/mol. The Balaban J connectivity index is 3.21. The fraction of sp³-hybridized carbons (Fsp3) is 0.800. The molecular weight excluding hydrogens is 136 g/mol. The standard InChI is InChI=1S/C5H12N2O3/c6-4(5(9)10)3-7-1-2-8/h4,7-8H,1-3,6H2,(H,9,10)/t4-/m0/s1. The van der Waals surface area contributed by atoms with Crippen LogP contribution in [0.15, 0.2) is 0 Å². The van der Waals surface area contributed by atoms with Crippen molar-refractivity contribution in [1.29, 1.82) is 0 Å². The first-order valence-corrected chi connectivity index (χ1v) is 2.98. The third-order valence-electron chi connectivity index (χ3n) is 0.970. The highest BCUT2D eigenvalue weighted by Crippen LogP contribution is 1.73. The van der Waals surface area contributed by atoms with Crippen LogP contribution in [-0.4, -0.2) is 41.9 Å². The van der Waals surface area contributed by atoms with E-state index in [4.69, 9.17) is 15.9 Å². The second kappa shape index (κ2) is 5.16. The van der Waals surface area contributed by atoms with Crippen LogP contribution in [0, 0.1) is 0 Å². The Bertz CT molecular complexity index is 107. The summed E-state index contributed by atoms with van der Waals surface area (Å²) in [6, 6.07) is -0.883. The Hall–Kier alpha value is -0.650. The molecule has 0 spiro atoms.